The molecule has 3 N–H and O–H groups in total. The van der Waals surface area contributed by atoms with Gasteiger partial charge in [0, 0.05) is 51.3 Å². The zero-order valence-corrected chi connectivity index (χ0v) is 25.9. The van der Waals surface area contributed by atoms with Crippen LogP contribution in [0.2, 0.25) is 0 Å². The third-order valence-electron chi connectivity index (χ3n) is 6.53. The molecule has 9 nitrogen and oxygen atoms in total. The van der Waals surface area contributed by atoms with Crippen molar-refractivity contribution in [3.8, 4) is 11.8 Å². The van der Waals surface area contributed by atoms with Gasteiger partial charge in [-0.3, -0.25) is 9.59 Å². The van der Waals surface area contributed by atoms with Crippen molar-refractivity contribution >= 4 is 29.3 Å². The number of unbranched alkanes of at least 4 members (excludes halogenated alkanes) is 1. The van der Waals surface area contributed by atoms with Crippen LogP contribution in [-0.4, -0.2) is 78.4 Å². The topological polar surface area (TPSA) is 102 Å². The fraction of sp³-hybridized carbons (Fsp3) is 0.353. The smallest absolute Gasteiger partial charge is 0.246 e. The Labute approximate surface area is 260 Å². The molecule has 0 saturated carbocycles. The van der Waals surface area contributed by atoms with Crippen molar-refractivity contribution in [1.82, 2.24) is 25.1 Å². The Morgan fingerprint density at radius 2 is 1.86 bits per heavy atom. The second kappa shape index (κ2) is 18.0. The van der Waals surface area contributed by atoms with Crippen LogP contribution in [0, 0.1) is 17.7 Å². The molecule has 0 radical (unpaired) electrons. The Morgan fingerprint density at radius 3 is 2.59 bits per heavy atom. The SMILES string of the molecule is CCCNc1nc(Nc2cccc(F)c2)ncc1C#CCCCNC(=O)[C@H](Cc1ccccc1)N(C)C(=O)C=CCN(C)C. The van der Waals surface area contributed by atoms with Crippen molar-refractivity contribution in [2.24, 2.45) is 0 Å². The quantitative estimate of drug-likeness (QED) is 0.133. The van der Waals surface area contributed by atoms with Gasteiger partial charge in [-0.25, -0.2) is 9.37 Å². The second-order valence-electron chi connectivity index (χ2n) is 10.5. The number of anilines is 3. The van der Waals surface area contributed by atoms with Crippen LogP contribution in [-0.2, 0) is 16.0 Å². The molecule has 232 valence electrons. The maximum Gasteiger partial charge on any atom is 0.246 e. The van der Waals surface area contributed by atoms with Crippen molar-refractivity contribution in [2.75, 3.05) is 51.4 Å². The Bertz CT molecular complexity index is 1450. The second-order valence-corrected chi connectivity index (χ2v) is 10.5. The minimum Gasteiger partial charge on any atom is -0.369 e. The molecule has 1 atom stereocenters. The summed E-state index contributed by atoms with van der Waals surface area (Å²) in [5, 5.41) is 9.27. The molecule has 0 unspecified atom stereocenters. The lowest BCUT2D eigenvalue weighted by molar-refractivity contribution is -0.135. The number of aromatic nitrogens is 2. The fourth-order valence-electron chi connectivity index (χ4n) is 4.15. The van der Waals surface area contributed by atoms with Gasteiger partial charge in [-0.05, 0) is 50.7 Å². The first kappa shape index (κ1) is 33.7. The van der Waals surface area contributed by atoms with Crippen LogP contribution in [0.15, 0.2) is 72.9 Å². The van der Waals surface area contributed by atoms with E-state index in [1.54, 1.807) is 31.5 Å². The number of carbonyl (C=O) groups excluding carboxylic acids is 2. The number of amides is 2. The predicted octanol–water partition coefficient (Wildman–Crippen LogP) is 4.62. The number of likely N-dealkylation sites (N-methyl/N-ethyl adjacent to an activating group) is 2. The van der Waals surface area contributed by atoms with Crippen molar-refractivity contribution < 1.29 is 14.0 Å². The average Bonchev–Trinajstić information content (AvgIpc) is 3.01. The fourth-order valence-corrected chi connectivity index (χ4v) is 4.15. The van der Waals surface area contributed by atoms with Crippen molar-refractivity contribution in [3.05, 3.63) is 89.9 Å². The van der Waals surface area contributed by atoms with Crippen molar-refractivity contribution in [2.45, 2.75) is 38.6 Å². The third kappa shape index (κ3) is 11.5. The van der Waals surface area contributed by atoms with E-state index in [0.29, 0.717) is 61.9 Å². The first-order valence-electron chi connectivity index (χ1n) is 14.8. The van der Waals surface area contributed by atoms with E-state index < -0.39 is 6.04 Å². The summed E-state index contributed by atoms with van der Waals surface area (Å²) in [7, 11) is 5.51. The predicted molar refractivity (Wildman–Crippen MR) is 174 cm³/mol. The number of nitrogens with one attached hydrogen (secondary N) is 3. The summed E-state index contributed by atoms with van der Waals surface area (Å²) in [6, 6.07) is 15.1. The van der Waals surface area contributed by atoms with Gasteiger partial charge in [0.15, 0.2) is 0 Å². The van der Waals surface area contributed by atoms with E-state index in [9.17, 15) is 14.0 Å². The van der Waals surface area contributed by atoms with E-state index in [1.165, 1.54) is 23.1 Å². The van der Waals surface area contributed by atoms with Crippen LogP contribution in [0.4, 0.5) is 21.8 Å². The summed E-state index contributed by atoms with van der Waals surface area (Å²) in [6.45, 7) is 3.82. The summed E-state index contributed by atoms with van der Waals surface area (Å²) < 4.78 is 13.6. The standard InChI is InChI=1S/C34H42FN7O2/c1-5-20-36-32-27(25-38-34(40-32)39-29-18-12-17-28(35)24-29)16-10-7-11-21-37-33(44)30(23-26-14-8-6-9-15-26)42(4)31(43)19-13-22-41(2)3/h6,8-9,12-15,17-19,24-25,30H,5,7,11,20-23H2,1-4H3,(H,37,44)(H2,36,38,39,40)/t30-/m0/s1. The van der Waals surface area contributed by atoms with Gasteiger partial charge in [-0.15, -0.1) is 0 Å². The number of carbonyl (C=O) groups is 2. The van der Waals surface area contributed by atoms with Gasteiger partial charge in [-0.2, -0.15) is 4.98 Å². The molecule has 0 saturated heterocycles. The van der Waals surface area contributed by atoms with Gasteiger partial charge >= 0.3 is 0 Å². The summed E-state index contributed by atoms with van der Waals surface area (Å²) >= 11 is 0. The van der Waals surface area contributed by atoms with E-state index in [-0.39, 0.29) is 17.6 Å². The van der Waals surface area contributed by atoms with Gasteiger partial charge in [0.1, 0.15) is 17.7 Å². The number of halogens is 1. The molecule has 10 heteroatoms. The zero-order valence-electron chi connectivity index (χ0n) is 25.9. The van der Waals surface area contributed by atoms with E-state index in [0.717, 1.165) is 12.0 Å². The minimum absolute atomic E-state index is 0.209. The zero-order chi connectivity index (χ0) is 31.7. The summed E-state index contributed by atoms with van der Waals surface area (Å²) in [4.78, 5) is 38.4. The van der Waals surface area contributed by atoms with E-state index in [1.807, 2.05) is 49.3 Å². The number of nitrogens with zero attached hydrogens (tertiary/aromatic N) is 4. The highest BCUT2D eigenvalue weighted by atomic mass is 19.1. The Morgan fingerprint density at radius 1 is 1.07 bits per heavy atom. The summed E-state index contributed by atoms with van der Waals surface area (Å²) in [6.07, 6.45) is 7.43. The van der Waals surface area contributed by atoms with E-state index in [2.05, 4.69) is 44.7 Å². The lowest BCUT2D eigenvalue weighted by atomic mass is 10.0. The van der Waals surface area contributed by atoms with E-state index in [4.69, 9.17) is 0 Å². The Balaban J connectivity index is 1.59. The Kier molecular flexibility index (Phi) is 13.8. The van der Waals surface area contributed by atoms with E-state index >= 15 is 0 Å². The van der Waals surface area contributed by atoms with Gasteiger partial charge in [0.05, 0.1) is 11.8 Å². The molecule has 3 rings (SSSR count). The molecule has 1 heterocycles. The van der Waals surface area contributed by atoms with Gasteiger partial charge < -0.3 is 25.8 Å². The highest BCUT2D eigenvalue weighted by Crippen LogP contribution is 2.18. The molecular formula is C34H42FN7O2. The number of hydrogen-bond acceptors (Lipinski definition) is 7. The first-order chi connectivity index (χ1) is 21.3. The number of rotatable bonds is 15. The lowest BCUT2D eigenvalue weighted by Gasteiger charge is -2.26. The highest BCUT2D eigenvalue weighted by Gasteiger charge is 2.26. The number of hydrogen-bond donors (Lipinski definition) is 3. The molecule has 44 heavy (non-hydrogen) atoms. The maximum atomic E-state index is 13.6. The molecule has 3 aromatic rings. The average molecular weight is 600 g/mol. The number of benzene rings is 2. The van der Waals surface area contributed by atoms with Crippen LogP contribution in [0.3, 0.4) is 0 Å². The minimum atomic E-state index is -0.649. The van der Waals surface area contributed by atoms with Gasteiger partial charge in [0.25, 0.3) is 0 Å². The molecule has 2 aromatic carbocycles. The molecular weight excluding hydrogens is 557 g/mol. The highest BCUT2D eigenvalue weighted by molar-refractivity contribution is 5.93. The molecule has 2 amide bonds. The van der Waals surface area contributed by atoms with Crippen molar-refractivity contribution in [1.29, 1.82) is 0 Å². The lowest BCUT2D eigenvalue weighted by Crippen LogP contribution is -2.48. The largest absolute Gasteiger partial charge is 0.369 e. The molecule has 0 spiro atoms. The summed E-state index contributed by atoms with van der Waals surface area (Å²) in [5.74, 6) is 6.42. The Hall–Kier alpha value is -4.75. The maximum absolute atomic E-state index is 13.6. The molecule has 0 fully saturated rings. The van der Waals surface area contributed by atoms with Crippen LogP contribution < -0.4 is 16.0 Å². The van der Waals surface area contributed by atoms with Gasteiger partial charge in [-0.1, -0.05) is 61.2 Å². The normalized spacial score (nSPS) is 11.5. The first-order valence-corrected chi connectivity index (χ1v) is 14.8. The van der Waals surface area contributed by atoms with Crippen LogP contribution >= 0.6 is 0 Å². The molecule has 1 aromatic heterocycles. The van der Waals surface area contributed by atoms with Crippen LogP contribution in [0.25, 0.3) is 0 Å². The molecule has 0 aliphatic heterocycles. The molecule has 0 aliphatic rings. The third-order valence-corrected chi connectivity index (χ3v) is 6.53. The molecule has 0 bridgehead atoms. The molecule has 0 aliphatic carbocycles. The monoisotopic (exact) mass is 599 g/mol. The van der Waals surface area contributed by atoms with Crippen molar-refractivity contribution in [3.63, 3.8) is 0 Å². The van der Waals surface area contributed by atoms with Crippen LogP contribution in [0.1, 0.15) is 37.3 Å². The van der Waals surface area contributed by atoms with Crippen LogP contribution in [0.5, 0.6) is 0 Å². The summed E-state index contributed by atoms with van der Waals surface area (Å²) in [5.41, 5.74) is 2.18. The van der Waals surface area contributed by atoms with Gasteiger partial charge in [0.2, 0.25) is 17.8 Å².